The Labute approximate surface area is 183 Å². The lowest BCUT2D eigenvalue weighted by Crippen LogP contribution is -2.52. The van der Waals surface area contributed by atoms with E-state index in [0.717, 1.165) is 22.3 Å². The van der Waals surface area contributed by atoms with Crippen molar-refractivity contribution in [3.63, 3.8) is 0 Å². The zero-order valence-electron chi connectivity index (χ0n) is 18.0. The molecule has 1 amide bonds. The fourth-order valence-corrected chi connectivity index (χ4v) is 4.91. The molecule has 2 fully saturated rings. The maximum absolute atomic E-state index is 13.5. The van der Waals surface area contributed by atoms with E-state index < -0.39 is 5.41 Å². The number of likely N-dealkylation sites (tertiary alicyclic amines) is 1. The lowest BCUT2D eigenvalue weighted by molar-refractivity contribution is -0.131. The Bertz CT molecular complexity index is 1130. The Kier molecular flexibility index (Phi) is 4.73. The number of hydrogen-bond donors (Lipinski definition) is 1. The first-order chi connectivity index (χ1) is 15.0. The number of nitrogens with one attached hydrogen (secondary N) is 1. The molecule has 4 heteroatoms. The molecule has 0 bridgehead atoms. The smallest absolute Gasteiger partial charge is 0.236 e. The van der Waals surface area contributed by atoms with Gasteiger partial charge in [-0.05, 0) is 52.6 Å². The van der Waals surface area contributed by atoms with E-state index in [2.05, 4.69) is 54.4 Å². The topological polar surface area (TPSA) is 57.1 Å². The standard InChI is InChI=1S/C27H27N3O/c1-27(23-7-3-5-21(15-23)22-6-4-14-29-17-22)16-24(28)30(2)26(31)25(27)20-12-10-19(11-13-20)18-8-9-18/h3-7,10-15,17-18,25,28H,8-9,16H2,1-2H3/t25?,27-/m1/s1. The first kappa shape index (κ1) is 19.7. The minimum atomic E-state index is -0.500. The van der Waals surface area contributed by atoms with Crippen LogP contribution in [0.1, 0.15) is 54.7 Å². The number of nitrogens with zero attached hydrogens (tertiary/aromatic N) is 2. The van der Waals surface area contributed by atoms with Crippen molar-refractivity contribution in [2.45, 2.75) is 43.4 Å². The summed E-state index contributed by atoms with van der Waals surface area (Å²) < 4.78 is 0. The Hall–Kier alpha value is -3.27. The number of carbonyl (C=O) groups is 1. The number of likely N-dealkylation sites (N-methyl/N-ethyl adjacent to an activating group) is 1. The lowest BCUT2D eigenvalue weighted by atomic mass is 9.64. The average Bonchev–Trinajstić information content (AvgIpc) is 3.64. The molecule has 156 valence electrons. The number of rotatable bonds is 4. The average molecular weight is 410 g/mol. The molecule has 2 atom stereocenters. The summed E-state index contributed by atoms with van der Waals surface area (Å²) in [5.74, 6) is 0.716. The molecule has 1 N–H and O–H groups in total. The summed E-state index contributed by atoms with van der Waals surface area (Å²) in [6.45, 7) is 2.13. The highest BCUT2D eigenvalue weighted by Crippen LogP contribution is 2.47. The molecular weight excluding hydrogens is 382 g/mol. The van der Waals surface area contributed by atoms with Crippen molar-refractivity contribution < 1.29 is 4.79 Å². The van der Waals surface area contributed by atoms with Crippen LogP contribution in [0.25, 0.3) is 11.1 Å². The van der Waals surface area contributed by atoms with Gasteiger partial charge in [0.1, 0.15) is 5.84 Å². The maximum atomic E-state index is 13.5. The Morgan fingerprint density at radius 3 is 2.39 bits per heavy atom. The number of piperidine rings is 1. The van der Waals surface area contributed by atoms with Crippen LogP contribution >= 0.6 is 0 Å². The molecule has 1 unspecified atom stereocenters. The monoisotopic (exact) mass is 409 g/mol. The fraction of sp³-hybridized carbons (Fsp3) is 0.296. The van der Waals surface area contributed by atoms with E-state index >= 15 is 0 Å². The SMILES string of the molecule is CN1C(=N)C[C@](C)(c2cccc(-c3cccnc3)c2)C(c2ccc(C3CC3)cc2)C1=O. The molecule has 2 aromatic carbocycles. The Morgan fingerprint density at radius 1 is 1.00 bits per heavy atom. The highest BCUT2D eigenvalue weighted by Gasteiger charge is 2.48. The van der Waals surface area contributed by atoms with Crippen LogP contribution in [0, 0.1) is 5.41 Å². The number of amidine groups is 1. The van der Waals surface area contributed by atoms with Gasteiger partial charge in [0.15, 0.2) is 0 Å². The van der Waals surface area contributed by atoms with E-state index in [1.165, 1.54) is 23.3 Å². The molecule has 4 nitrogen and oxygen atoms in total. The normalized spacial score (nSPS) is 23.8. The van der Waals surface area contributed by atoms with Gasteiger partial charge in [-0.1, -0.05) is 61.5 Å². The first-order valence-electron chi connectivity index (χ1n) is 10.9. The molecular formula is C27H27N3O. The number of amides is 1. The largest absolute Gasteiger partial charge is 0.303 e. The van der Waals surface area contributed by atoms with Crippen LogP contribution in [-0.2, 0) is 10.2 Å². The van der Waals surface area contributed by atoms with Gasteiger partial charge in [0.2, 0.25) is 5.91 Å². The summed E-state index contributed by atoms with van der Waals surface area (Å²) in [4.78, 5) is 19.3. The van der Waals surface area contributed by atoms with Crippen LogP contribution in [0.2, 0.25) is 0 Å². The van der Waals surface area contributed by atoms with Gasteiger partial charge in [0.05, 0.1) is 5.92 Å². The van der Waals surface area contributed by atoms with Crippen molar-refractivity contribution >= 4 is 11.7 Å². The molecule has 31 heavy (non-hydrogen) atoms. The molecule has 1 saturated carbocycles. The van der Waals surface area contributed by atoms with Gasteiger partial charge in [0.25, 0.3) is 0 Å². The Balaban J connectivity index is 1.60. The van der Waals surface area contributed by atoms with E-state index in [9.17, 15) is 4.79 Å². The van der Waals surface area contributed by atoms with Crippen LogP contribution in [0.3, 0.4) is 0 Å². The minimum Gasteiger partial charge on any atom is -0.303 e. The fourth-order valence-electron chi connectivity index (χ4n) is 4.91. The first-order valence-corrected chi connectivity index (χ1v) is 10.9. The minimum absolute atomic E-state index is 0.00953. The third kappa shape index (κ3) is 3.46. The summed E-state index contributed by atoms with van der Waals surface area (Å²) in [6.07, 6.45) is 6.67. The molecule has 0 radical (unpaired) electrons. The number of aromatic nitrogens is 1. The molecule has 1 aromatic heterocycles. The van der Waals surface area contributed by atoms with Crippen molar-refractivity contribution in [1.82, 2.24) is 9.88 Å². The van der Waals surface area contributed by atoms with Gasteiger partial charge >= 0.3 is 0 Å². The summed E-state index contributed by atoms with van der Waals surface area (Å²) in [5.41, 5.74) is 5.10. The van der Waals surface area contributed by atoms with Crippen LogP contribution in [0.5, 0.6) is 0 Å². The molecule has 5 rings (SSSR count). The van der Waals surface area contributed by atoms with Gasteiger partial charge in [0, 0.05) is 31.3 Å². The number of hydrogen-bond acceptors (Lipinski definition) is 3. The van der Waals surface area contributed by atoms with Crippen LogP contribution < -0.4 is 0 Å². The van der Waals surface area contributed by atoms with Crippen LogP contribution in [0.4, 0.5) is 0 Å². The summed E-state index contributed by atoms with van der Waals surface area (Å²) in [7, 11) is 1.72. The van der Waals surface area contributed by atoms with E-state index in [1.807, 2.05) is 24.4 Å². The van der Waals surface area contributed by atoms with Gasteiger partial charge in [-0.3, -0.25) is 15.2 Å². The molecule has 1 aliphatic heterocycles. The number of pyridine rings is 1. The Morgan fingerprint density at radius 2 is 1.71 bits per heavy atom. The molecule has 1 aliphatic carbocycles. The third-order valence-electron chi connectivity index (χ3n) is 6.99. The highest BCUT2D eigenvalue weighted by molar-refractivity contribution is 6.04. The van der Waals surface area contributed by atoms with Crippen LogP contribution in [-0.4, -0.2) is 28.7 Å². The second-order valence-corrected chi connectivity index (χ2v) is 9.13. The van der Waals surface area contributed by atoms with Crippen molar-refractivity contribution in [3.8, 4) is 11.1 Å². The zero-order chi connectivity index (χ0) is 21.6. The van der Waals surface area contributed by atoms with E-state index in [1.54, 1.807) is 13.2 Å². The molecule has 0 spiro atoms. The highest BCUT2D eigenvalue weighted by atomic mass is 16.2. The van der Waals surface area contributed by atoms with Crippen molar-refractivity contribution in [2.75, 3.05) is 7.05 Å². The van der Waals surface area contributed by atoms with Crippen molar-refractivity contribution in [1.29, 1.82) is 5.41 Å². The quantitative estimate of drug-likeness (QED) is 0.618. The lowest BCUT2D eigenvalue weighted by Gasteiger charge is -2.45. The second-order valence-electron chi connectivity index (χ2n) is 9.13. The predicted molar refractivity (Wildman–Crippen MR) is 123 cm³/mol. The van der Waals surface area contributed by atoms with Crippen molar-refractivity contribution in [2.24, 2.45) is 0 Å². The molecule has 1 saturated heterocycles. The molecule has 2 aliphatic rings. The van der Waals surface area contributed by atoms with Gasteiger partial charge in [-0.15, -0.1) is 0 Å². The van der Waals surface area contributed by atoms with E-state index in [4.69, 9.17) is 5.41 Å². The second kappa shape index (κ2) is 7.45. The van der Waals surface area contributed by atoms with Crippen molar-refractivity contribution in [3.05, 3.63) is 89.7 Å². The van der Waals surface area contributed by atoms with E-state index in [-0.39, 0.29) is 11.8 Å². The molecule has 3 aromatic rings. The van der Waals surface area contributed by atoms with Gasteiger partial charge in [-0.25, -0.2) is 0 Å². The maximum Gasteiger partial charge on any atom is 0.236 e. The number of carbonyl (C=O) groups excluding carboxylic acids is 1. The zero-order valence-corrected chi connectivity index (χ0v) is 18.0. The number of benzene rings is 2. The third-order valence-corrected chi connectivity index (χ3v) is 6.99. The van der Waals surface area contributed by atoms with Crippen LogP contribution in [0.15, 0.2) is 73.1 Å². The summed E-state index contributed by atoms with van der Waals surface area (Å²) in [5, 5.41) is 8.49. The summed E-state index contributed by atoms with van der Waals surface area (Å²) >= 11 is 0. The summed E-state index contributed by atoms with van der Waals surface area (Å²) in [6, 6.07) is 21.0. The van der Waals surface area contributed by atoms with Gasteiger partial charge < -0.3 is 4.90 Å². The predicted octanol–water partition coefficient (Wildman–Crippen LogP) is 5.51. The van der Waals surface area contributed by atoms with Gasteiger partial charge in [-0.2, -0.15) is 0 Å². The van der Waals surface area contributed by atoms with E-state index in [0.29, 0.717) is 18.2 Å². The molecule has 2 heterocycles.